The Hall–Kier alpha value is -1.92. The molecule has 1 atom stereocenters. The summed E-state index contributed by atoms with van der Waals surface area (Å²) in [6.07, 6.45) is 4.33. The van der Waals surface area contributed by atoms with Gasteiger partial charge in [-0.15, -0.1) is 0 Å². The monoisotopic (exact) mass is 319 g/mol. The maximum absolute atomic E-state index is 13.1. The second-order valence-corrected chi connectivity index (χ2v) is 6.10. The minimum Gasteiger partial charge on any atom is -0.490 e. The zero-order chi connectivity index (χ0) is 16.3. The summed E-state index contributed by atoms with van der Waals surface area (Å²) >= 11 is 0. The normalized spacial score (nSPS) is 21.7. The van der Waals surface area contributed by atoms with Crippen LogP contribution in [0.25, 0.3) is 0 Å². The van der Waals surface area contributed by atoms with E-state index in [1.807, 2.05) is 12.5 Å². The Morgan fingerprint density at radius 2 is 2.30 bits per heavy atom. The van der Waals surface area contributed by atoms with E-state index >= 15 is 0 Å². The second-order valence-electron chi connectivity index (χ2n) is 6.10. The maximum Gasteiger partial charge on any atom is 0.126 e. The van der Waals surface area contributed by atoms with Gasteiger partial charge in [0.1, 0.15) is 23.8 Å². The largest absolute Gasteiger partial charge is 0.490 e. The number of aliphatic hydroxyl groups is 1. The highest BCUT2D eigenvalue weighted by Gasteiger charge is 2.37. The molecule has 2 heterocycles. The van der Waals surface area contributed by atoms with E-state index in [1.165, 1.54) is 12.1 Å². The van der Waals surface area contributed by atoms with Crippen molar-refractivity contribution in [3.05, 3.63) is 48.3 Å². The zero-order valence-corrected chi connectivity index (χ0v) is 13.3. The maximum atomic E-state index is 13.1. The number of aromatic nitrogens is 2. The van der Waals surface area contributed by atoms with E-state index in [1.54, 1.807) is 12.1 Å². The molecule has 1 unspecified atom stereocenters. The van der Waals surface area contributed by atoms with Crippen molar-refractivity contribution in [1.29, 1.82) is 0 Å². The molecule has 124 valence electrons. The number of aryl methyl sites for hydroxylation is 1. The van der Waals surface area contributed by atoms with Crippen molar-refractivity contribution < 1.29 is 14.2 Å². The van der Waals surface area contributed by atoms with E-state index in [0.717, 1.165) is 25.3 Å². The average Bonchev–Trinajstić information content (AvgIpc) is 3.13. The van der Waals surface area contributed by atoms with Crippen LogP contribution in [0.2, 0.25) is 0 Å². The Bertz CT molecular complexity index is 661. The van der Waals surface area contributed by atoms with Crippen LogP contribution in [0.15, 0.2) is 36.8 Å². The second kappa shape index (κ2) is 6.68. The van der Waals surface area contributed by atoms with Crippen LogP contribution in [0, 0.1) is 5.82 Å². The van der Waals surface area contributed by atoms with Crippen molar-refractivity contribution in [1.82, 2.24) is 14.5 Å². The van der Waals surface area contributed by atoms with Gasteiger partial charge in [0.2, 0.25) is 0 Å². The molecule has 1 aliphatic heterocycles. The Morgan fingerprint density at radius 1 is 1.43 bits per heavy atom. The van der Waals surface area contributed by atoms with E-state index in [0.29, 0.717) is 18.7 Å². The van der Waals surface area contributed by atoms with Gasteiger partial charge in [-0.3, -0.25) is 4.90 Å². The SMILES string of the molecule is CCn1cncc1CN1CCC(O)(COc2cccc(F)c2)C1. The minimum atomic E-state index is -0.899. The number of nitrogens with zero attached hydrogens (tertiary/aromatic N) is 3. The van der Waals surface area contributed by atoms with Gasteiger partial charge in [0.15, 0.2) is 0 Å². The number of ether oxygens (including phenoxy) is 1. The number of imidazole rings is 1. The van der Waals surface area contributed by atoms with Crippen molar-refractivity contribution in [2.24, 2.45) is 0 Å². The van der Waals surface area contributed by atoms with Crippen molar-refractivity contribution in [2.45, 2.75) is 32.0 Å². The number of likely N-dealkylation sites (tertiary alicyclic amines) is 1. The fourth-order valence-electron chi connectivity index (χ4n) is 2.96. The van der Waals surface area contributed by atoms with Crippen molar-refractivity contribution in [3.63, 3.8) is 0 Å². The van der Waals surface area contributed by atoms with Gasteiger partial charge in [0, 0.05) is 38.4 Å². The first-order valence-electron chi connectivity index (χ1n) is 7.90. The van der Waals surface area contributed by atoms with Gasteiger partial charge in [-0.05, 0) is 25.5 Å². The van der Waals surface area contributed by atoms with E-state index in [2.05, 4.69) is 21.4 Å². The van der Waals surface area contributed by atoms with Crippen LogP contribution < -0.4 is 4.74 Å². The minimum absolute atomic E-state index is 0.167. The molecular weight excluding hydrogens is 297 g/mol. The molecule has 6 heteroatoms. The third-order valence-electron chi connectivity index (χ3n) is 4.24. The topological polar surface area (TPSA) is 50.5 Å². The third kappa shape index (κ3) is 3.89. The summed E-state index contributed by atoms with van der Waals surface area (Å²) in [7, 11) is 0. The number of hydrogen-bond acceptors (Lipinski definition) is 4. The molecule has 3 rings (SSSR count). The summed E-state index contributed by atoms with van der Waals surface area (Å²) < 4.78 is 20.8. The van der Waals surface area contributed by atoms with Crippen molar-refractivity contribution >= 4 is 0 Å². The molecule has 0 radical (unpaired) electrons. The Labute approximate surface area is 135 Å². The fourth-order valence-corrected chi connectivity index (χ4v) is 2.96. The van der Waals surface area contributed by atoms with Crippen LogP contribution in [-0.2, 0) is 13.1 Å². The Kier molecular flexibility index (Phi) is 4.63. The molecule has 1 N–H and O–H groups in total. The number of halogens is 1. The number of hydrogen-bond donors (Lipinski definition) is 1. The summed E-state index contributed by atoms with van der Waals surface area (Å²) in [4.78, 5) is 6.36. The zero-order valence-electron chi connectivity index (χ0n) is 13.3. The standard InChI is InChI=1S/C17H22FN3O2/c1-2-21-13-19-9-15(21)10-20-7-6-17(22,11-20)12-23-16-5-3-4-14(18)8-16/h3-5,8-9,13,22H,2,6-7,10-12H2,1H3. The molecule has 0 saturated carbocycles. The van der Waals surface area contributed by atoms with Gasteiger partial charge < -0.3 is 14.4 Å². The molecule has 1 aromatic heterocycles. The van der Waals surface area contributed by atoms with Crippen LogP contribution in [0.5, 0.6) is 5.75 Å². The highest BCUT2D eigenvalue weighted by atomic mass is 19.1. The van der Waals surface area contributed by atoms with Gasteiger partial charge in [-0.25, -0.2) is 9.37 Å². The van der Waals surface area contributed by atoms with E-state index in [4.69, 9.17) is 4.74 Å². The van der Waals surface area contributed by atoms with Crippen LogP contribution in [0.1, 0.15) is 19.0 Å². The first kappa shape index (κ1) is 16.0. The van der Waals surface area contributed by atoms with Gasteiger partial charge in [0.05, 0.1) is 12.0 Å². The quantitative estimate of drug-likeness (QED) is 0.885. The van der Waals surface area contributed by atoms with Gasteiger partial charge in [0.25, 0.3) is 0 Å². The highest BCUT2D eigenvalue weighted by Crippen LogP contribution is 2.24. The summed E-state index contributed by atoms with van der Waals surface area (Å²) in [5.74, 6) is 0.108. The van der Waals surface area contributed by atoms with E-state index in [9.17, 15) is 9.50 Å². The van der Waals surface area contributed by atoms with Gasteiger partial charge in [-0.2, -0.15) is 0 Å². The van der Waals surface area contributed by atoms with Gasteiger partial charge >= 0.3 is 0 Å². The summed E-state index contributed by atoms with van der Waals surface area (Å²) in [5, 5.41) is 10.7. The Morgan fingerprint density at radius 3 is 3.09 bits per heavy atom. The predicted molar refractivity (Wildman–Crippen MR) is 84.6 cm³/mol. The summed E-state index contributed by atoms with van der Waals surface area (Å²) in [5.41, 5.74) is 0.242. The molecule has 2 aromatic rings. The smallest absolute Gasteiger partial charge is 0.126 e. The highest BCUT2D eigenvalue weighted by molar-refractivity contribution is 5.22. The molecule has 23 heavy (non-hydrogen) atoms. The fraction of sp³-hybridized carbons (Fsp3) is 0.471. The number of β-amino-alcohol motifs (C(OH)–C–C–N with tert-alkyl or cyclic N) is 1. The van der Waals surface area contributed by atoms with Crippen LogP contribution in [0.4, 0.5) is 4.39 Å². The summed E-state index contributed by atoms with van der Waals surface area (Å²) in [6.45, 7) is 5.24. The van der Waals surface area contributed by atoms with Crippen molar-refractivity contribution in [2.75, 3.05) is 19.7 Å². The third-order valence-corrected chi connectivity index (χ3v) is 4.24. The van der Waals surface area contributed by atoms with Crippen LogP contribution in [0.3, 0.4) is 0 Å². The number of rotatable bonds is 6. The first-order chi connectivity index (χ1) is 11.1. The lowest BCUT2D eigenvalue weighted by Gasteiger charge is -2.24. The summed E-state index contributed by atoms with van der Waals surface area (Å²) in [6, 6.07) is 5.99. The lowest BCUT2D eigenvalue weighted by Crippen LogP contribution is -2.39. The van der Waals surface area contributed by atoms with Crippen LogP contribution in [-0.4, -0.2) is 44.9 Å². The molecular formula is C17H22FN3O2. The van der Waals surface area contributed by atoms with Gasteiger partial charge in [-0.1, -0.05) is 6.07 Å². The molecule has 1 fully saturated rings. The van der Waals surface area contributed by atoms with E-state index < -0.39 is 5.60 Å². The molecule has 1 saturated heterocycles. The number of benzene rings is 1. The molecule has 0 aliphatic carbocycles. The molecule has 0 spiro atoms. The molecule has 0 amide bonds. The lowest BCUT2D eigenvalue weighted by atomic mass is 10.1. The average molecular weight is 319 g/mol. The van der Waals surface area contributed by atoms with Crippen molar-refractivity contribution in [3.8, 4) is 5.75 Å². The lowest BCUT2D eigenvalue weighted by molar-refractivity contribution is 0.00315. The molecule has 5 nitrogen and oxygen atoms in total. The molecule has 0 bridgehead atoms. The predicted octanol–water partition coefficient (Wildman–Crippen LogP) is 2.06. The molecule has 1 aliphatic rings. The van der Waals surface area contributed by atoms with E-state index in [-0.39, 0.29) is 12.4 Å². The Balaban J connectivity index is 1.55. The molecule has 1 aromatic carbocycles. The van der Waals surface area contributed by atoms with Crippen LogP contribution >= 0.6 is 0 Å². The first-order valence-corrected chi connectivity index (χ1v) is 7.90.